The van der Waals surface area contributed by atoms with Crippen molar-refractivity contribution in [3.63, 3.8) is 0 Å². The van der Waals surface area contributed by atoms with E-state index in [0.29, 0.717) is 12.2 Å². The normalized spacial score (nSPS) is 19.7. The van der Waals surface area contributed by atoms with Gasteiger partial charge in [0.25, 0.3) is 5.91 Å². The van der Waals surface area contributed by atoms with Gasteiger partial charge in [-0.25, -0.2) is 0 Å². The lowest BCUT2D eigenvalue weighted by Gasteiger charge is -2.18. The fraction of sp³-hybridized carbons (Fsp3) is 0.278. The van der Waals surface area contributed by atoms with E-state index in [0.717, 1.165) is 17.5 Å². The summed E-state index contributed by atoms with van der Waals surface area (Å²) in [4.78, 5) is 12.4. The molecule has 4 nitrogen and oxygen atoms in total. The average Bonchev–Trinajstić information content (AvgIpc) is 2.85. The van der Waals surface area contributed by atoms with E-state index < -0.39 is 0 Å². The van der Waals surface area contributed by atoms with E-state index in [9.17, 15) is 4.79 Å². The van der Waals surface area contributed by atoms with Crippen LogP contribution in [-0.2, 0) is 17.8 Å². The Bertz CT molecular complexity index is 667. The fourth-order valence-corrected chi connectivity index (χ4v) is 2.94. The molecule has 2 aromatic carbocycles. The van der Waals surface area contributed by atoms with Crippen molar-refractivity contribution in [2.24, 2.45) is 5.73 Å². The van der Waals surface area contributed by atoms with Gasteiger partial charge in [-0.05, 0) is 35.2 Å². The second kappa shape index (κ2) is 6.30. The zero-order valence-electron chi connectivity index (χ0n) is 12.6. The minimum absolute atomic E-state index is 0.0523. The van der Waals surface area contributed by atoms with Crippen LogP contribution >= 0.6 is 0 Å². The van der Waals surface area contributed by atoms with Gasteiger partial charge in [-0.15, -0.1) is 0 Å². The Morgan fingerprint density at radius 3 is 2.64 bits per heavy atom. The fourth-order valence-electron chi connectivity index (χ4n) is 2.94. The minimum atomic E-state index is -0.145. The minimum Gasteiger partial charge on any atom is -0.380 e. The topological polar surface area (TPSA) is 64.3 Å². The Morgan fingerprint density at radius 1 is 1.23 bits per heavy atom. The van der Waals surface area contributed by atoms with Crippen molar-refractivity contribution in [2.75, 3.05) is 7.11 Å². The Kier molecular flexibility index (Phi) is 4.22. The van der Waals surface area contributed by atoms with Gasteiger partial charge < -0.3 is 15.8 Å². The number of carbonyl (C=O) groups is 1. The first-order valence-electron chi connectivity index (χ1n) is 7.41. The molecular formula is C18H20N2O2. The molecule has 0 aliphatic heterocycles. The van der Waals surface area contributed by atoms with Crippen LogP contribution in [0.4, 0.5) is 0 Å². The van der Waals surface area contributed by atoms with E-state index in [2.05, 4.69) is 11.4 Å². The number of nitrogens with one attached hydrogen (secondary N) is 1. The highest BCUT2D eigenvalue weighted by atomic mass is 16.5. The number of rotatable bonds is 4. The van der Waals surface area contributed by atoms with Crippen molar-refractivity contribution in [3.8, 4) is 0 Å². The summed E-state index contributed by atoms with van der Waals surface area (Å²) < 4.78 is 5.07. The van der Waals surface area contributed by atoms with Crippen LogP contribution in [0.25, 0.3) is 0 Å². The number of nitrogens with two attached hydrogens (primary N) is 1. The molecule has 0 fully saturated rings. The largest absolute Gasteiger partial charge is 0.380 e. The molecule has 114 valence electrons. The van der Waals surface area contributed by atoms with Crippen LogP contribution in [0.1, 0.15) is 33.1 Å². The van der Waals surface area contributed by atoms with E-state index in [1.807, 2.05) is 42.5 Å². The third-order valence-electron chi connectivity index (χ3n) is 4.13. The van der Waals surface area contributed by atoms with Crippen LogP contribution in [0.15, 0.2) is 48.5 Å². The lowest BCUT2D eigenvalue weighted by Crippen LogP contribution is -2.40. The van der Waals surface area contributed by atoms with E-state index in [1.54, 1.807) is 7.11 Å². The lowest BCUT2D eigenvalue weighted by atomic mass is 10.1. The van der Waals surface area contributed by atoms with Crippen LogP contribution in [0.3, 0.4) is 0 Å². The van der Waals surface area contributed by atoms with Crippen LogP contribution < -0.4 is 11.1 Å². The smallest absolute Gasteiger partial charge is 0.251 e. The van der Waals surface area contributed by atoms with Gasteiger partial charge in [0.15, 0.2) is 0 Å². The van der Waals surface area contributed by atoms with Crippen LogP contribution in [-0.4, -0.2) is 19.1 Å². The number of fused-ring (bicyclic) bond motifs is 1. The molecule has 0 spiro atoms. The molecule has 1 aliphatic rings. The summed E-state index contributed by atoms with van der Waals surface area (Å²) >= 11 is 0. The summed E-state index contributed by atoms with van der Waals surface area (Å²) in [5.41, 5.74) is 10.3. The van der Waals surface area contributed by atoms with Crippen LogP contribution in [0.5, 0.6) is 0 Å². The summed E-state index contributed by atoms with van der Waals surface area (Å²) in [6.45, 7) is 0.546. The molecule has 0 saturated carbocycles. The number of hydrogen-bond acceptors (Lipinski definition) is 3. The maximum Gasteiger partial charge on any atom is 0.251 e. The van der Waals surface area contributed by atoms with Gasteiger partial charge in [-0.1, -0.05) is 36.4 Å². The predicted octanol–water partition coefficient (Wildman–Crippen LogP) is 2.19. The molecule has 2 aromatic rings. The summed E-state index contributed by atoms with van der Waals surface area (Å²) in [7, 11) is 1.65. The molecule has 0 bridgehead atoms. The second-order valence-electron chi connectivity index (χ2n) is 5.64. The Hall–Kier alpha value is -2.17. The SMILES string of the molecule is COCc1ccc(C(=O)N[C@@H]2Cc3ccccc3[C@H]2N)cc1. The molecule has 0 saturated heterocycles. The third-order valence-corrected chi connectivity index (χ3v) is 4.13. The highest BCUT2D eigenvalue weighted by molar-refractivity contribution is 5.94. The van der Waals surface area contributed by atoms with Gasteiger partial charge in [0.2, 0.25) is 0 Å². The molecule has 3 N–H and O–H groups in total. The van der Waals surface area contributed by atoms with Crippen molar-refractivity contribution < 1.29 is 9.53 Å². The number of hydrogen-bond donors (Lipinski definition) is 2. The van der Waals surface area contributed by atoms with Crippen molar-refractivity contribution in [1.29, 1.82) is 0 Å². The van der Waals surface area contributed by atoms with Crippen molar-refractivity contribution in [2.45, 2.75) is 25.1 Å². The molecule has 0 radical (unpaired) electrons. The molecule has 0 unspecified atom stereocenters. The molecule has 1 amide bonds. The summed E-state index contributed by atoms with van der Waals surface area (Å²) in [5, 5.41) is 3.05. The van der Waals surface area contributed by atoms with Gasteiger partial charge in [0, 0.05) is 12.7 Å². The zero-order valence-corrected chi connectivity index (χ0v) is 12.6. The third kappa shape index (κ3) is 2.89. The molecular weight excluding hydrogens is 276 g/mol. The molecule has 3 rings (SSSR count). The quantitative estimate of drug-likeness (QED) is 0.909. The maximum absolute atomic E-state index is 12.4. The van der Waals surface area contributed by atoms with Gasteiger partial charge in [-0.2, -0.15) is 0 Å². The van der Waals surface area contributed by atoms with Crippen LogP contribution in [0, 0.1) is 0 Å². The molecule has 1 aliphatic carbocycles. The molecule has 0 heterocycles. The number of carbonyl (C=O) groups excluding carboxylic acids is 1. The van der Waals surface area contributed by atoms with Gasteiger partial charge in [0.1, 0.15) is 0 Å². The summed E-state index contributed by atoms with van der Waals surface area (Å²) in [6, 6.07) is 15.3. The van der Waals surface area contributed by atoms with Crippen molar-refractivity contribution in [3.05, 3.63) is 70.8 Å². The zero-order chi connectivity index (χ0) is 15.5. The molecule has 2 atom stereocenters. The molecule has 0 aromatic heterocycles. The predicted molar refractivity (Wildman–Crippen MR) is 85.5 cm³/mol. The van der Waals surface area contributed by atoms with Gasteiger partial charge in [0.05, 0.1) is 18.7 Å². The van der Waals surface area contributed by atoms with E-state index in [4.69, 9.17) is 10.5 Å². The highest BCUT2D eigenvalue weighted by Gasteiger charge is 2.30. The van der Waals surface area contributed by atoms with Crippen molar-refractivity contribution >= 4 is 5.91 Å². The lowest BCUT2D eigenvalue weighted by molar-refractivity contribution is 0.0933. The maximum atomic E-state index is 12.4. The first-order valence-corrected chi connectivity index (χ1v) is 7.41. The van der Waals surface area contributed by atoms with Crippen molar-refractivity contribution in [1.82, 2.24) is 5.32 Å². The number of methoxy groups -OCH3 is 1. The summed E-state index contributed by atoms with van der Waals surface area (Å²) in [5.74, 6) is -0.0859. The standard InChI is InChI=1S/C18H20N2O2/c1-22-11-12-6-8-13(9-7-12)18(21)20-16-10-14-4-2-3-5-15(14)17(16)19/h2-9,16-17H,10-11,19H2,1H3,(H,20,21)/t16-,17-/m1/s1. The number of amides is 1. The Morgan fingerprint density at radius 2 is 1.95 bits per heavy atom. The van der Waals surface area contributed by atoms with Crippen LogP contribution in [0.2, 0.25) is 0 Å². The number of ether oxygens (including phenoxy) is 1. The highest BCUT2D eigenvalue weighted by Crippen LogP contribution is 2.29. The Balaban J connectivity index is 1.68. The van der Waals surface area contributed by atoms with Gasteiger partial charge >= 0.3 is 0 Å². The second-order valence-corrected chi connectivity index (χ2v) is 5.64. The molecule has 22 heavy (non-hydrogen) atoms. The monoisotopic (exact) mass is 296 g/mol. The van der Waals surface area contributed by atoms with E-state index in [1.165, 1.54) is 5.56 Å². The summed E-state index contributed by atoms with van der Waals surface area (Å²) in [6.07, 6.45) is 0.783. The van der Waals surface area contributed by atoms with E-state index >= 15 is 0 Å². The first kappa shape index (κ1) is 14.8. The Labute approximate surface area is 130 Å². The van der Waals surface area contributed by atoms with E-state index in [-0.39, 0.29) is 18.0 Å². The number of benzene rings is 2. The van der Waals surface area contributed by atoms with Gasteiger partial charge in [-0.3, -0.25) is 4.79 Å². The molecule has 4 heteroatoms. The average molecular weight is 296 g/mol. The first-order chi connectivity index (χ1) is 10.7.